The van der Waals surface area contributed by atoms with E-state index in [4.69, 9.17) is 0 Å². The molecule has 2 rings (SSSR count). The average Bonchev–Trinajstić information content (AvgIpc) is 2.86. The second kappa shape index (κ2) is 12.7. The van der Waals surface area contributed by atoms with Gasteiger partial charge >= 0.3 is 0 Å². The van der Waals surface area contributed by atoms with Crippen LogP contribution < -0.4 is 0 Å². The smallest absolute Gasteiger partial charge is 0.0497 e. The lowest BCUT2D eigenvalue weighted by molar-refractivity contribution is 1.46. The summed E-state index contributed by atoms with van der Waals surface area (Å²) < 4.78 is 0. The first kappa shape index (κ1) is 37.1. The van der Waals surface area contributed by atoms with Gasteiger partial charge in [-0.3, -0.25) is 0 Å². The second-order valence-corrected chi connectivity index (χ2v) is 110. The van der Waals surface area contributed by atoms with E-state index in [0.29, 0.717) is 0 Å². The van der Waals surface area contributed by atoms with Gasteiger partial charge in [0.1, 0.15) is 0 Å². The Kier molecular flexibility index (Phi) is 11.8. The minimum Gasteiger partial charge on any atom is -0.129 e. The highest BCUT2D eigenvalue weighted by Gasteiger charge is 2.69. The molecular formula is C30H62S2Si8. The van der Waals surface area contributed by atoms with Gasteiger partial charge in [0.05, 0.1) is 0 Å². The number of hydrogen-bond acceptors (Lipinski definition) is 2. The van der Waals surface area contributed by atoms with Crippen LogP contribution in [0.2, 0.25) is 105 Å². The van der Waals surface area contributed by atoms with E-state index in [1.54, 1.807) is 0 Å². The molecule has 0 saturated heterocycles. The Morgan fingerprint density at radius 3 is 0.825 bits per heavy atom. The van der Waals surface area contributed by atoms with Crippen molar-refractivity contribution in [3.05, 3.63) is 60.7 Å². The normalized spacial score (nSPS) is 14.9. The van der Waals surface area contributed by atoms with Gasteiger partial charge in [-0.05, 0) is 35.0 Å². The van der Waals surface area contributed by atoms with Gasteiger partial charge < -0.3 is 0 Å². The first-order valence-corrected chi connectivity index (χ1v) is 48.6. The van der Waals surface area contributed by atoms with E-state index in [-0.39, 0.29) is 0 Å². The highest BCUT2D eigenvalue weighted by molar-refractivity contribution is 8.07. The monoisotopic (exact) mass is 710 g/mol. The number of rotatable bonds is 13. The molecule has 0 fully saturated rings. The summed E-state index contributed by atoms with van der Waals surface area (Å²) in [4.78, 5) is 2.95. The maximum absolute atomic E-state index is 2.96. The van der Waals surface area contributed by atoms with Crippen LogP contribution in [0.15, 0.2) is 70.5 Å². The van der Waals surface area contributed by atoms with Crippen LogP contribution in [0.5, 0.6) is 0 Å². The van der Waals surface area contributed by atoms with Crippen molar-refractivity contribution in [1.29, 1.82) is 0 Å². The zero-order chi connectivity index (χ0) is 31.1. The van der Waals surface area contributed by atoms with Crippen molar-refractivity contribution < 1.29 is 0 Å². The van der Waals surface area contributed by atoms with Gasteiger partial charge in [-0.25, -0.2) is 0 Å². The molecule has 0 saturated carbocycles. The van der Waals surface area contributed by atoms with Gasteiger partial charge in [0.2, 0.25) is 0 Å². The first-order chi connectivity index (χ1) is 17.9. The first-order valence-electron chi connectivity index (χ1n) is 15.3. The summed E-state index contributed by atoms with van der Waals surface area (Å²) in [7, 11) is -11.3. The molecule has 2 aromatic rings. The molecule has 10 heteroatoms. The van der Waals surface area contributed by atoms with Crippen molar-refractivity contribution in [3.8, 4) is 0 Å². The average molecular weight is 712 g/mol. The molecule has 0 aromatic heterocycles. The van der Waals surface area contributed by atoms with Crippen molar-refractivity contribution in [2.75, 3.05) is 10.8 Å². The van der Waals surface area contributed by atoms with Gasteiger partial charge in [-0.15, -0.1) is 23.5 Å². The lowest BCUT2D eigenvalue weighted by Crippen LogP contribution is -2.92. The van der Waals surface area contributed by atoms with Crippen molar-refractivity contribution >= 4 is 81.4 Å². The molecular weight excluding hydrogens is 649 g/mol. The SMILES string of the molecule is C[Si](C)(CSc1ccccc1)[Si](C)(C)[Si](C)(C)[Si](C)(C)[Si](C)(C)[Si](C)(C)[Si](C)(C)[Si](C)(C)CSc1ccccc1. The largest absolute Gasteiger partial charge is 0.129 e. The van der Waals surface area contributed by atoms with Crippen molar-refractivity contribution in [1.82, 2.24) is 0 Å². The second-order valence-electron chi connectivity index (χ2n) is 16.7. The fraction of sp³-hybridized carbons (Fsp3) is 0.600. The van der Waals surface area contributed by atoms with Crippen LogP contribution in [0, 0.1) is 0 Å². The number of hydrogen-bond donors (Lipinski definition) is 0. The van der Waals surface area contributed by atoms with Crippen LogP contribution in [0.1, 0.15) is 0 Å². The lowest BCUT2D eigenvalue weighted by atomic mass is 10.4. The highest BCUT2D eigenvalue weighted by atomic mass is 32.2. The Hall–Kier alpha value is 0.875. The van der Waals surface area contributed by atoms with E-state index in [0.717, 1.165) is 0 Å². The van der Waals surface area contributed by atoms with Crippen LogP contribution in [0.4, 0.5) is 0 Å². The van der Waals surface area contributed by atoms with E-state index in [1.165, 1.54) is 20.5 Å². The van der Waals surface area contributed by atoms with Crippen LogP contribution in [-0.2, 0) is 0 Å². The fourth-order valence-electron chi connectivity index (χ4n) is 6.74. The Morgan fingerprint density at radius 2 is 0.575 bits per heavy atom. The maximum Gasteiger partial charge on any atom is 0.0497 e. The molecule has 0 unspecified atom stereocenters. The predicted octanol–water partition coefficient (Wildman–Crippen LogP) is 10.9. The Balaban J connectivity index is 2.42. The number of benzene rings is 2. The predicted molar refractivity (Wildman–Crippen MR) is 214 cm³/mol. The molecule has 0 amide bonds. The molecule has 0 aliphatic carbocycles. The minimum atomic E-state index is -1.45. The number of thioether (sulfide) groups is 2. The molecule has 0 aliphatic rings. The summed E-state index contributed by atoms with van der Waals surface area (Å²) in [5, 5.41) is 2.80. The molecule has 0 N–H and O–H groups in total. The Morgan fingerprint density at radius 1 is 0.350 bits per heavy atom. The third-order valence-corrected chi connectivity index (χ3v) is 194. The minimum absolute atomic E-state index is 1.38. The van der Waals surface area contributed by atoms with Gasteiger partial charge in [-0.2, -0.15) is 0 Å². The standard InChI is InChI=1S/C30H62S2Si8/c1-33(2,27-31-29-23-19-17-20-24-29)35(5,6)37(9,10)39(13,14)40(15,16)38(11,12)36(7,8)34(3,4)28-32-30-25-21-18-22-26-30/h17-26H,27-28H2,1-16H3. The van der Waals surface area contributed by atoms with Crippen LogP contribution in [-0.4, -0.2) is 68.6 Å². The van der Waals surface area contributed by atoms with Gasteiger partial charge in [0, 0.05) is 67.6 Å². The quantitative estimate of drug-likeness (QED) is 0.150. The summed E-state index contributed by atoms with van der Waals surface area (Å²) in [6.07, 6.45) is 0. The van der Waals surface area contributed by atoms with Crippen molar-refractivity contribution in [2.24, 2.45) is 0 Å². The summed E-state index contributed by atoms with van der Waals surface area (Å²) in [6, 6.07) is 22.5. The van der Waals surface area contributed by atoms with E-state index in [1.807, 2.05) is 0 Å². The van der Waals surface area contributed by atoms with Crippen molar-refractivity contribution in [3.63, 3.8) is 0 Å². The van der Waals surface area contributed by atoms with E-state index >= 15 is 0 Å². The van der Waals surface area contributed by atoms with Gasteiger partial charge in [0.15, 0.2) is 0 Å². The fourth-order valence-corrected chi connectivity index (χ4v) is 251. The van der Waals surface area contributed by atoms with E-state index in [9.17, 15) is 0 Å². The van der Waals surface area contributed by atoms with E-state index < -0.39 is 57.8 Å². The molecule has 0 bridgehead atoms. The van der Waals surface area contributed by atoms with Crippen LogP contribution in [0.25, 0.3) is 0 Å². The summed E-state index contributed by atoms with van der Waals surface area (Å²) in [5.41, 5.74) is 0. The molecule has 226 valence electrons. The molecule has 0 nitrogen and oxygen atoms in total. The lowest BCUT2D eigenvalue weighted by Gasteiger charge is -2.65. The molecule has 0 heterocycles. The topological polar surface area (TPSA) is 0 Å². The van der Waals surface area contributed by atoms with Crippen LogP contribution in [0.3, 0.4) is 0 Å². The zero-order valence-electron chi connectivity index (χ0n) is 29.0. The molecule has 0 atom stereocenters. The zero-order valence-corrected chi connectivity index (χ0v) is 38.6. The highest BCUT2D eigenvalue weighted by Crippen LogP contribution is 2.46. The van der Waals surface area contributed by atoms with Gasteiger partial charge in [-0.1, -0.05) is 141 Å². The molecule has 0 radical (unpaired) electrons. The van der Waals surface area contributed by atoms with E-state index in [2.05, 4.69) is 189 Å². The molecule has 40 heavy (non-hydrogen) atoms. The third kappa shape index (κ3) is 6.61. The molecule has 2 aromatic carbocycles. The Labute approximate surface area is 265 Å². The summed E-state index contributed by atoms with van der Waals surface area (Å²) in [6.45, 7) is 46.3. The summed E-state index contributed by atoms with van der Waals surface area (Å²) in [5.74, 6) is 0. The third-order valence-electron chi connectivity index (χ3n) is 13.9. The van der Waals surface area contributed by atoms with Gasteiger partial charge in [0.25, 0.3) is 0 Å². The maximum atomic E-state index is 2.96. The Bertz CT molecular complexity index is 1020. The molecule has 0 spiro atoms. The van der Waals surface area contributed by atoms with Crippen molar-refractivity contribution in [2.45, 2.75) is 115 Å². The van der Waals surface area contributed by atoms with Crippen LogP contribution >= 0.6 is 23.5 Å². The molecule has 0 aliphatic heterocycles. The summed E-state index contributed by atoms with van der Waals surface area (Å²) >= 11 is 4.34.